The highest BCUT2D eigenvalue weighted by Gasteiger charge is 2.01. The third-order valence-electron chi connectivity index (χ3n) is 1.74. The summed E-state index contributed by atoms with van der Waals surface area (Å²) in [4.78, 5) is 10.6. The molecule has 0 atom stereocenters. The molecule has 2 N–H and O–H groups in total. The SMILES string of the molecule is CC(=O)NCCNc1cc(Br)ccc1F. The van der Waals surface area contributed by atoms with Gasteiger partial charge in [0.05, 0.1) is 5.69 Å². The van der Waals surface area contributed by atoms with Crippen LogP contribution in [0.4, 0.5) is 10.1 Å². The van der Waals surface area contributed by atoms with Crippen molar-refractivity contribution in [3.63, 3.8) is 0 Å². The number of carbonyl (C=O) groups excluding carboxylic acids is 1. The lowest BCUT2D eigenvalue weighted by molar-refractivity contribution is -0.118. The molecule has 0 heterocycles. The zero-order chi connectivity index (χ0) is 11.3. The minimum absolute atomic E-state index is 0.0912. The van der Waals surface area contributed by atoms with Crippen molar-refractivity contribution >= 4 is 27.5 Å². The molecule has 1 amide bonds. The summed E-state index contributed by atoms with van der Waals surface area (Å²) >= 11 is 3.25. The van der Waals surface area contributed by atoms with E-state index in [0.29, 0.717) is 18.8 Å². The highest BCUT2D eigenvalue weighted by molar-refractivity contribution is 9.10. The van der Waals surface area contributed by atoms with Crippen molar-refractivity contribution in [3.05, 3.63) is 28.5 Å². The van der Waals surface area contributed by atoms with Crippen LogP contribution in [0.1, 0.15) is 6.92 Å². The number of anilines is 1. The summed E-state index contributed by atoms with van der Waals surface area (Å²) in [5, 5.41) is 5.50. The second kappa shape index (κ2) is 5.70. The molecule has 1 aromatic carbocycles. The number of hydrogen-bond donors (Lipinski definition) is 2. The molecule has 0 unspecified atom stereocenters. The van der Waals surface area contributed by atoms with Gasteiger partial charge < -0.3 is 10.6 Å². The molecule has 0 saturated heterocycles. The number of amides is 1. The Kier molecular flexibility index (Phi) is 4.55. The molecule has 0 spiro atoms. The lowest BCUT2D eigenvalue weighted by Gasteiger charge is -2.08. The van der Waals surface area contributed by atoms with Crippen LogP contribution in [0, 0.1) is 5.82 Å². The van der Waals surface area contributed by atoms with Crippen molar-refractivity contribution in [3.8, 4) is 0 Å². The summed E-state index contributed by atoms with van der Waals surface area (Å²) in [6, 6.07) is 4.67. The lowest BCUT2D eigenvalue weighted by atomic mass is 10.3. The third-order valence-corrected chi connectivity index (χ3v) is 2.24. The monoisotopic (exact) mass is 274 g/mol. The molecule has 0 aliphatic carbocycles. The zero-order valence-electron chi connectivity index (χ0n) is 8.31. The van der Waals surface area contributed by atoms with E-state index in [0.717, 1.165) is 4.47 Å². The Morgan fingerprint density at radius 3 is 2.87 bits per heavy atom. The van der Waals surface area contributed by atoms with Crippen LogP contribution in [0.25, 0.3) is 0 Å². The molecule has 3 nitrogen and oxygen atoms in total. The van der Waals surface area contributed by atoms with Gasteiger partial charge in [-0.25, -0.2) is 4.39 Å². The van der Waals surface area contributed by atoms with E-state index < -0.39 is 0 Å². The minimum Gasteiger partial charge on any atom is -0.381 e. The molecule has 0 radical (unpaired) electrons. The highest BCUT2D eigenvalue weighted by Crippen LogP contribution is 2.19. The first-order valence-corrected chi connectivity index (χ1v) is 5.32. The van der Waals surface area contributed by atoms with Crippen molar-refractivity contribution < 1.29 is 9.18 Å². The Labute approximate surface area is 96.2 Å². The number of benzene rings is 1. The van der Waals surface area contributed by atoms with Gasteiger partial charge in [0.15, 0.2) is 0 Å². The van der Waals surface area contributed by atoms with Crippen molar-refractivity contribution in [1.29, 1.82) is 0 Å². The summed E-state index contributed by atoms with van der Waals surface area (Å²) in [6.07, 6.45) is 0. The Morgan fingerprint density at radius 1 is 1.47 bits per heavy atom. The molecule has 82 valence electrons. The second-order valence-corrected chi connectivity index (χ2v) is 3.95. The predicted octanol–water partition coefficient (Wildman–Crippen LogP) is 2.14. The quantitative estimate of drug-likeness (QED) is 0.826. The van der Waals surface area contributed by atoms with Gasteiger partial charge in [-0.15, -0.1) is 0 Å². The van der Waals surface area contributed by atoms with Gasteiger partial charge >= 0.3 is 0 Å². The first-order chi connectivity index (χ1) is 7.09. The maximum absolute atomic E-state index is 13.2. The Morgan fingerprint density at radius 2 is 2.20 bits per heavy atom. The van der Waals surface area contributed by atoms with Crippen LogP contribution in [0.5, 0.6) is 0 Å². The van der Waals surface area contributed by atoms with Gasteiger partial charge in [-0.3, -0.25) is 4.79 Å². The largest absolute Gasteiger partial charge is 0.381 e. The van der Waals surface area contributed by atoms with E-state index in [9.17, 15) is 9.18 Å². The van der Waals surface area contributed by atoms with Gasteiger partial charge in [0, 0.05) is 24.5 Å². The minimum atomic E-state index is -0.305. The molecule has 0 saturated carbocycles. The molecule has 5 heteroatoms. The van der Waals surface area contributed by atoms with Crippen LogP contribution in [0.3, 0.4) is 0 Å². The smallest absolute Gasteiger partial charge is 0.216 e. The maximum Gasteiger partial charge on any atom is 0.216 e. The number of nitrogens with one attached hydrogen (secondary N) is 2. The Hall–Kier alpha value is -1.10. The van der Waals surface area contributed by atoms with E-state index >= 15 is 0 Å². The van der Waals surface area contributed by atoms with E-state index in [1.54, 1.807) is 12.1 Å². The molecular formula is C10H12BrFN2O. The summed E-state index contributed by atoms with van der Waals surface area (Å²) in [5.41, 5.74) is 0.426. The fourth-order valence-electron chi connectivity index (χ4n) is 1.07. The van der Waals surface area contributed by atoms with E-state index in [1.807, 2.05) is 0 Å². The van der Waals surface area contributed by atoms with Gasteiger partial charge in [-0.1, -0.05) is 15.9 Å². The highest BCUT2D eigenvalue weighted by atomic mass is 79.9. The fraction of sp³-hybridized carbons (Fsp3) is 0.300. The Balaban J connectivity index is 2.43. The van der Waals surface area contributed by atoms with E-state index in [1.165, 1.54) is 13.0 Å². The van der Waals surface area contributed by atoms with Crippen LogP contribution >= 0.6 is 15.9 Å². The normalized spacial score (nSPS) is 9.80. The van der Waals surface area contributed by atoms with Gasteiger partial charge in [0.1, 0.15) is 5.82 Å². The van der Waals surface area contributed by atoms with Crippen LogP contribution in [-0.4, -0.2) is 19.0 Å². The molecule has 0 aromatic heterocycles. The molecule has 15 heavy (non-hydrogen) atoms. The van der Waals surface area contributed by atoms with Crippen LogP contribution < -0.4 is 10.6 Å². The number of hydrogen-bond acceptors (Lipinski definition) is 2. The first kappa shape index (κ1) is 12.0. The fourth-order valence-corrected chi connectivity index (χ4v) is 1.43. The Bertz CT molecular complexity index is 357. The maximum atomic E-state index is 13.2. The summed E-state index contributed by atoms with van der Waals surface area (Å²) in [6.45, 7) is 2.41. The summed E-state index contributed by atoms with van der Waals surface area (Å²) < 4.78 is 14.0. The molecule has 0 bridgehead atoms. The molecular weight excluding hydrogens is 263 g/mol. The molecule has 0 aliphatic rings. The van der Waals surface area contributed by atoms with Crippen molar-refractivity contribution in [1.82, 2.24) is 5.32 Å². The van der Waals surface area contributed by atoms with Crippen LogP contribution in [0.15, 0.2) is 22.7 Å². The van der Waals surface area contributed by atoms with E-state index in [4.69, 9.17) is 0 Å². The summed E-state index contributed by atoms with van der Waals surface area (Å²) in [5.74, 6) is -0.396. The lowest BCUT2D eigenvalue weighted by Crippen LogP contribution is -2.26. The van der Waals surface area contributed by atoms with E-state index in [2.05, 4.69) is 26.6 Å². The zero-order valence-corrected chi connectivity index (χ0v) is 9.90. The molecule has 1 rings (SSSR count). The molecule has 1 aromatic rings. The van der Waals surface area contributed by atoms with Crippen molar-refractivity contribution in [2.75, 3.05) is 18.4 Å². The number of rotatable bonds is 4. The van der Waals surface area contributed by atoms with Crippen molar-refractivity contribution in [2.24, 2.45) is 0 Å². The van der Waals surface area contributed by atoms with Crippen LogP contribution in [0.2, 0.25) is 0 Å². The van der Waals surface area contributed by atoms with Crippen LogP contribution in [-0.2, 0) is 4.79 Å². The summed E-state index contributed by atoms with van der Waals surface area (Å²) in [7, 11) is 0. The average Bonchev–Trinajstić information content (AvgIpc) is 2.17. The van der Waals surface area contributed by atoms with E-state index in [-0.39, 0.29) is 11.7 Å². The van der Waals surface area contributed by atoms with Gasteiger partial charge in [-0.05, 0) is 18.2 Å². The third kappa shape index (κ3) is 4.29. The van der Waals surface area contributed by atoms with Gasteiger partial charge in [-0.2, -0.15) is 0 Å². The number of carbonyl (C=O) groups is 1. The van der Waals surface area contributed by atoms with Gasteiger partial charge in [0.2, 0.25) is 5.91 Å². The predicted molar refractivity (Wildman–Crippen MR) is 61.3 cm³/mol. The molecule has 0 aliphatic heterocycles. The van der Waals surface area contributed by atoms with Gasteiger partial charge in [0.25, 0.3) is 0 Å². The first-order valence-electron chi connectivity index (χ1n) is 4.53. The standard InChI is InChI=1S/C10H12BrFN2O/c1-7(15)13-4-5-14-10-6-8(11)2-3-9(10)12/h2-3,6,14H,4-5H2,1H3,(H,13,15). The topological polar surface area (TPSA) is 41.1 Å². The molecule has 0 fully saturated rings. The second-order valence-electron chi connectivity index (χ2n) is 3.03. The van der Waals surface area contributed by atoms with Crippen molar-refractivity contribution in [2.45, 2.75) is 6.92 Å². The number of halogens is 2. The average molecular weight is 275 g/mol.